The van der Waals surface area contributed by atoms with Crippen LogP contribution in [0.15, 0.2) is 23.4 Å². The van der Waals surface area contributed by atoms with E-state index in [0.29, 0.717) is 6.79 Å². The highest BCUT2D eigenvalue weighted by molar-refractivity contribution is 7.98. The molecule has 7 nitrogen and oxygen atoms in total. The molecule has 2 aromatic rings. The summed E-state index contributed by atoms with van der Waals surface area (Å²) in [5.74, 6) is 2.62. The third-order valence-electron chi connectivity index (χ3n) is 4.69. The summed E-state index contributed by atoms with van der Waals surface area (Å²) >= 11 is 1.63. The first-order chi connectivity index (χ1) is 12.7. The largest absolute Gasteiger partial charge is 0.454 e. The van der Waals surface area contributed by atoms with Crippen LogP contribution in [0.25, 0.3) is 0 Å². The molecule has 0 N–H and O–H groups in total. The molecule has 4 rings (SSSR count). The summed E-state index contributed by atoms with van der Waals surface area (Å²) in [6.07, 6.45) is 4.56. The first-order valence-corrected chi connectivity index (χ1v) is 10.1. The van der Waals surface area contributed by atoms with Crippen molar-refractivity contribution in [3.8, 4) is 11.5 Å². The fourth-order valence-corrected chi connectivity index (χ4v) is 3.93. The van der Waals surface area contributed by atoms with Crippen molar-refractivity contribution in [2.75, 3.05) is 26.7 Å². The molecule has 1 saturated heterocycles. The van der Waals surface area contributed by atoms with Crippen LogP contribution in [-0.4, -0.2) is 52.5 Å². The van der Waals surface area contributed by atoms with Gasteiger partial charge in [0.05, 0.1) is 19.2 Å². The molecule has 1 unspecified atom stereocenters. The summed E-state index contributed by atoms with van der Waals surface area (Å²) in [5.41, 5.74) is 1.19. The van der Waals surface area contributed by atoms with Gasteiger partial charge in [-0.2, -0.15) is 0 Å². The van der Waals surface area contributed by atoms with E-state index in [1.54, 1.807) is 11.8 Å². The van der Waals surface area contributed by atoms with Crippen molar-refractivity contribution in [2.45, 2.75) is 43.7 Å². The molecule has 2 aliphatic heterocycles. The van der Waals surface area contributed by atoms with Crippen LogP contribution in [0.5, 0.6) is 11.5 Å². The molecule has 8 heteroatoms. The van der Waals surface area contributed by atoms with Crippen LogP contribution in [0, 0.1) is 0 Å². The van der Waals surface area contributed by atoms with Crippen LogP contribution in [0.4, 0.5) is 0 Å². The molecule has 1 atom stereocenters. The summed E-state index contributed by atoms with van der Waals surface area (Å²) in [5, 5.41) is 9.71. The molecule has 0 radical (unpaired) electrons. The van der Waals surface area contributed by atoms with Gasteiger partial charge in [0.1, 0.15) is 5.82 Å². The molecular weight excluding hydrogens is 352 g/mol. The Morgan fingerprint density at radius 1 is 1.23 bits per heavy atom. The minimum Gasteiger partial charge on any atom is -0.454 e. The highest BCUT2D eigenvalue weighted by atomic mass is 32.2. The second-order valence-electron chi connectivity index (χ2n) is 6.71. The van der Waals surface area contributed by atoms with E-state index >= 15 is 0 Å². The van der Waals surface area contributed by atoms with Crippen LogP contribution < -0.4 is 9.47 Å². The fraction of sp³-hybridized carbons (Fsp3) is 0.556. The average molecular weight is 376 g/mol. The molecule has 0 amide bonds. The molecule has 1 aromatic heterocycles. The van der Waals surface area contributed by atoms with Crippen LogP contribution in [0.2, 0.25) is 0 Å². The van der Waals surface area contributed by atoms with Gasteiger partial charge in [0.15, 0.2) is 16.7 Å². The van der Waals surface area contributed by atoms with Crippen molar-refractivity contribution in [3.63, 3.8) is 0 Å². The van der Waals surface area contributed by atoms with Gasteiger partial charge in [-0.3, -0.25) is 4.90 Å². The molecule has 1 fully saturated rings. The third kappa shape index (κ3) is 3.82. The molecule has 2 aliphatic rings. The Kier molecular flexibility index (Phi) is 5.33. The lowest BCUT2D eigenvalue weighted by Gasteiger charge is -2.19. The smallest absolute Gasteiger partial charge is 0.231 e. The van der Waals surface area contributed by atoms with Crippen molar-refractivity contribution in [1.82, 2.24) is 19.7 Å². The van der Waals surface area contributed by atoms with Crippen LogP contribution >= 0.6 is 11.8 Å². The Bertz CT molecular complexity index is 761. The number of fused-ring (bicyclic) bond motifs is 1. The average Bonchev–Trinajstić information content (AvgIpc) is 3.37. The molecule has 0 aliphatic carbocycles. The van der Waals surface area contributed by atoms with Gasteiger partial charge in [0.2, 0.25) is 6.79 Å². The van der Waals surface area contributed by atoms with Crippen molar-refractivity contribution in [2.24, 2.45) is 0 Å². The summed E-state index contributed by atoms with van der Waals surface area (Å²) in [4.78, 5) is 2.23. The lowest BCUT2D eigenvalue weighted by molar-refractivity contribution is 0.0934. The Morgan fingerprint density at radius 2 is 2.12 bits per heavy atom. The highest BCUT2D eigenvalue weighted by Crippen LogP contribution is 2.32. The number of hydrogen-bond donors (Lipinski definition) is 0. The lowest BCUT2D eigenvalue weighted by atomic mass is 10.2. The standard InChI is InChI=1S/C18H24N4O3S/c1-21(9-13-5-6-15-16(8-13)25-12-24-15)11-17-19-20-18(26-2)22(17)10-14-4-3-7-23-14/h5-6,8,14H,3-4,7,9-12H2,1-2H3. The summed E-state index contributed by atoms with van der Waals surface area (Å²) in [7, 11) is 2.09. The van der Waals surface area contributed by atoms with Gasteiger partial charge >= 0.3 is 0 Å². The van der Waals surface area contributed by atoms with Crippen molar-refractivity contribution in [1.29, 1.82) is 0 Å². The Labute approximate surface area is 157 Å². The van der Waals surface area contributed by atoms with E-state index in [9.17, 15) is 0 Å². The maximum absolute atomic E-state index is 5.80. The number of nitrogens with zero attached hydrogens (tertiary/aromatic N) is 4. The third-order valence-corrected chi connectivity index (χ3v) is 5.35. The summed E-state index contributed by atoms with van der Waals surface area (Å²) in [6, 6.07) is 6.09. The monoisotopic (exact) mass is 376 g/mol. The minimum absolute atomic E-state index is 0.273. The van der Waals surface area contributed by atoms with Gasteiger partial charge < -0.3 is 18.8 Å². The van der Waals surface area contributed by atoms with Crippen molar-refractivity contribution >= 4 is 11.8 Å². The zero-order valence-corrected chi connectivity index (χ0v) is 16.0. The molecule has 3 heterocycles. The fourth-order valence-electron chi connectivity index (χ4n) is 3.41. The van der Waals surface area contributed by atoms with Gasteiger partial charge in [-0.1, -0.05) is 17.8 Å². The minimum atomic E-state index is 0.273. The molecular formula is C18H24N4O3S. The van der Waals surface area contributed by atoms with E-state index in [1.807, 2.05) is 18.4 Å². The van der Waals surface area contributed by atoms with E-state index in [0.717, 1.165) is 61.6 Å². The Hall–Kier alpha value is -1.77. The molecule has 26 heavy (non-hydrogen) atoms. The molecule has 0 bridgehead atoms. The van der Waals surface area contributed by atoms with E-state index in [2.05, 4.69) is 32.8 Å². The number of ether oxygens (including phenoxy) is 3. The quantitative estimate of drug-likeness (QED) is 0.688. The first kappa shape index (κ1) is 17.6. The maximum Gasteiger partial charge on any atom is 0.231 e. The predicted molar refractivity (Wildman–Crippen MR) is 98.5 cm³/mol. The second kappa shape index (κ2) is 7.85. The van der Waals surface area contributed by atoms with E-state index in [-0.39, 0.29) is 6.10 Å². The van der Waals surface area contributed by atoms with Gasteiger partial charge in [-0.05, 0) is 43.8 Å². The van der Waals surface area contributed by atoms with Gasteiger partial charge in [-0.25, -0.2) is 0 Å². The van der Waals surface area contributed by atoms with Crippen LogP contribution in [0.1, 0.15) is 24.2 Å². The number of thioether (sulfide) groups is 1. The van der Waals surface area contributed by atoms with E-state index in [1.165, 1.54) is 5.56 Å². The van der Waals surface area contributed by atoms with Crippen LogP contribution in [0.3, 0.4) is 0 Å². The molecule has 0 saturated carbocycles. The van der Waals surface area contributed by atoms with Crippen molar-refractivity contribution in [3.05, 3.63) is 29.6 Å². The normalized spacial score (nSPS) is 18.8. The molecule has 140 valence electrons. The van der Waals surface area contributed by atoms with Gasteiger partial charge in [-0.15, -0.1) is 10.2 Å². The predicted octanol–water partition coefficient (Wildman–Crippen LogP) is 2.54. The topological polar surface area (TPSA) is 61.6 Å². The van der Waals surface area contributed by atoms with Crippen molar-refractivity contribution < 1.29 is 14.2 Å². The summed E-state index contributed by atoms with van der Waals surface area (Å²) in [6.45, 7) is 3.53. The maximum atomic E-state index is 5.80. The Morgan fingerprint density at radius 3 is 2.92 bits per heavy atom. The highest BCUT2D eigenvalue weighted by Gasteiger charge is 2.21. The lowest BCUT2D eigenvalue weighted by Crippen LogP contribution is -2.23. The number of hydrogen-bond acceptors (Lipinski definition) is 7. The summed E-state index contributed by atoms with van der Waals surface area (Å²) < 4.78 is 18.8. The Balaban J connectivity index is 1.43. The van der Waals surface area contributed by atoms with Crippen LogP contribution in [-0.2, 0) is 24.4 Å². The number of rotatable bonds is 7. The van der Waals surface area contributed by atoms with Gasteiger partial charge in [0, 0.05) is 13.2 Å². The van der Waals surface area contributed by atoms with Gasteiger partial charge in [0.25, 0.3) is 0 Å². The second-order valence-corrected chi connectivity index (χ2v) is 7.48. The number of aromatic nitrogens is 3. The van der Waals surface area contributed by atoms with E-state index < -0.39 is 0 Å². The molecule has 0 spiro atoms. The zero-order valence-electron chi connectivity index (χ0n) is 15.2. The molecule has 1 aromatic carbocycles. The number of benzene rings is 1. The SMILES string of the molecule is CSc1nnc(CN(C)Cc2ccc3c(c2)OCO3)n1CC1CCCO1. The first-order valence-electron chi connectivity index (χ1n) is 8.87. The zero-order chi connectivity index (χ0) is 17.9. The van der Waals surface area contributed by atoms with E-state index in [4.69, 9.17) is 14.2 Å².